The van der Waals surface area contributed by atoms with Gasteiger partial charge in [0.1, 0.15) is 11.6 Å². The number of methoxy groups -OCH3 is 1. The quantitative estimate of drug-likeness (QED) is 0.697. The number of halogens is 4. The summed E-state index contributed by atoms with van der Waals surface area (Å²) in [6.45, 7) is 2.94. The molecule has 0 heterocycles. The summed E-state index contributed by atoms with van der Waals surface area (Å²) in [6, 6.07) is 1.81. The van der Waals surface area contributed by atoms with Gasteiger partial charge in [-0.05, 0) is 28.4 Å². The van der Waals surface area contributed by atoms with Crippen LogP contribution >= 0.6 is 15.9 Å². The Morgan fingerprint density at radius 2 is 2.00 bits per heavy atom. The lowest BCUT2D eigenvalue weighted by Gasteiger charge is -2.22. The molecule has 0 radical (unpaired) electrons. The first-order valence-electron chi connectivity index (χ1n) is 6.38. The van der Waals surface area contributed by atoms with Crippen LogP contribution in [0.5, 0.6) is 5.75 Å². The van der Waals surface area contributed by atoms with E-state index in [1.807, 2.05) is 0 Å². The van der Waals surface area contributed by atoms with Crippen LogP contribution in [0.15, 0.2) is 16.6 Å². The fraction of sp³-hybridized carbons (Fsp3) is 0.500. The molecule has 7 heteroatoms. The number of esters is 1. The maximum atomic E-state index is 14.0. The minimum absolute atomic E-state index is 0.0934. The Morgan fingerprint density at radius 1 is 1.38 bits per heavy atom. The smallest absolute Gasteiger partial charge is 0.347 e. The molecule has 0 aliphatic rings. The topological polar surface area (TPSA) is 35.5 Å². The van der Waals surface area contributed by atoms with E-state index in [-0.39, 0.29) is 16.6 Å². The third-order valence-electron chi connectivity index (χ3n) is 2.96. The molecule has 3 nitrogen and oxygen atoms in total. The van der Waals surface area contributed by atoms with E-state index in [1.165, 1.54) is 6.92 Å². The van der Waals surface area contributed by atoms with E-state index >= 15 is 0 Å². The van der Waals surface area contributed by atoms with E-state index in [0.29, 0.717) is 0 Å². The Kier molecular flexibility index (Phi) is 6.07. The number of carbonyl (C=O) groups excluding carboxylic acids is 1. The summed E-state index contributed by atoms with van der Waals surface area (Å²) in [5.41, 5.74) is -0.472. The van der Waals surface area contributed by atoms with Crippen LogP contribution in [0.3, 0.4) is 0 Å². The van der Waals surface area contributed by atoms with Crippen molar-refractivity contribution in [2.45, 2.75) is 38.7 Å². The fourth-order valence-corrected chi connectivity index (χ4v) is 2.03. The number of rotatable bonds is 6. The van der Waals surface area contributed by atoms with Gasteiger partial charge >= 0.3 is 5.97 Å². The average molecular weight is 369 g/mol. The van der Waals surface area contributed by atoms with Crippen LogP contribution in [0.2, 0.25) is 0 Å². The normalized spacial score (nSPS) is 12.9. The fourth-order valence-electron chi connectivity index (χ4n) is 1.69. The van der Waals surface area contributed by atoms with Crippen LogP contribution in [-0.4, -0.2) is 19.2 Å². The highest BCUT2D eigenvalue weighted by Crippen LogP contribution is 2.40. The molecule has 0 unspecified atom stereocenters. The Bertz CT molecular complexity index is 520. The zero-order valence-corrected chi connectivity index (χ0v) is 13.5. The summed E-state index contributed by atoms with van der Waals surface area (Å²) in [5, 5.41) is 0. The van der Waals surface area contributed by atoms with Gasteiger partial charge in [0.15, 0.2) is 6.10 Å². The Hall–Kier alpha value is -1.24. The van der Waals surface area contributed by atoms with E-state index in [4.69, 9.17) is 4.74 Å². The SMILES string of the molecule is CC[C@H](Oc1cc(F)c(Br)cc1C(F)(F)CC)C(=O)OC. The summed E-state index contributed by atoms with van der Waals surface area (Å²) < 4.78 is 51.2. The third kappa shape index (κ3) is 4.12. The zero-order valence-electron chi connectivity index (χ0n) is 11.9. The predicted molar refractivity (Wildman–Crippen MR) is 75.0 cm³/mol. The summed E-state index contributed by atoms with van der Waals surface area (Å²) in [6.07, 6.45) is -1.33. The largest absolute Gasteiger partial charge is 0.478 e. The van der Waals surface area contributed by atoms with Crippen LogP contribution in [-0.2, 0) is 15.5 Å². The maximum Gasteiger partial charge on any atom is 0.347 e. The lowest BCUT2D eigenvalue weighted by molar-refractivity contribution is -0.149. The Labute approximate surface area is 129 Å². The van der Waals surface area contributed by atoms with Crippen molar-refractivity contribution in [3.8, 4) is 5.75 Å². The lowest BCUT2D eigenvalue weighted by atomic mass is 10.0. The molecule has 0 aliphatic carbocycles. The van der Waals surface area contributed by atoms with Crippen molar-refractivity contribution in [2.24, 2.45) is 0 Å². The Balaban J connectivity index is 3.27. The predicted octanol–water partition coefficient (Wildman–Crippen LogP) is 4.42. The minimum Gasteiger partial charge on any atom is -0.478 e. The molecule has 0 aliphatic heterocycles. The second-order valence-electron chi connectivity index (χ2n) is 4.36. The number of benzene rings is 1. The molecule has 0 amide bonds. The minimum atomic E-state index is -3.19. The molecular weight excluding hydrogens is 353 g/mol. The van der Waals surface area contributed by atoms with Crippen LogP contribution in [0.25, 0.3) is 0 Å². The molecule has 1 rings (SSSR count). The van der Waals surface area contributed by atoms with Gasteiger partial charge in [-0.3, -0.25) is 0 Å². The summed E-state index contributed by atoms with van der Waals surface area (Å²) in [5.74, 6) is -5.01. The van der Waals surface area contributed by atoms with Crippen molar-refractivity contribution in [3.63, 3.8) is 0 Å². The van der Waals surface area contributed by atoms with Gasteiger partial charge in [0.25, 0.3) is 5.92 Å². The molecule has 1 atom stereocenters. The zero-order chi connectivity index (χ0) is 16.2. The van der Waals surface area contributed by atoms with Crippen LogP contribution in [0.1, 0.15) is 32.3 Å². The molecule has 1 aromatic rings. The van der Waals surface area contributed by atoms with Gasteiger partial charge in [0.05, 0.1) is 17.1 Å². The number of alkyl halides is 2. The van der Waals surface area contributed by atoms with Gasteiger partial charge in [-0.2, -0.15) is 0 Å². The van der Waals surface area contributed by atoms with Gasteiger partial charge < -0.3 is 9.47 Å². The first kappa shape index (κ1) is 17.8. The summed E-state index contributed by atoms with van der Waals surface area (Å²) >= 11 is 2.87. The molecule has 1 aromatic carbocycles. The molecule has 0 saturated carbocycles. The lowest BCUT2D eigenvalue weighted by Crippen LogP contribution is -2.29. The van der Waals surface area contributed by atoms with E-state index in [1.54, 1.807) is 6.92 Å². The van der Waals surface area contributed by atoms with Crippen molar-refractivity contribution in [2.75, 3.05) is 7.11 Å². The standard InChI is InChI=1S/C14H16BrF3O3/c1-4-11(13(19)20-3)21-12-7-10(16)9(15)6-8(12)14(17,18)5-2/h6-7,11H,4-5H2,1-3H3/t11-/m0/s1. The van der Waals surface area contributed by atoms with E-state index in [0.717, 1.165) is 19.2 Å². The molecule has 118 valence electrons. The number of hydrogen-bond acceptors (Lipinski definition) is 3. The van der Waals surface area contributed by atoms with E-state index in [9.17, 15) is 18.0 Å². The maximum absolute atomic E-state index is 14.0. The second-order valence-corrected chi connectivity index (χ2v) is 5.21. The number of carbonyl (C=O) groups is 1. The first-order valence-corrected chi connectivity index (χ1v) is 7.17. The summed E-state index contributed by atoms with van der Waals surface area (Å²) in [4.78, 5) is 11.5. The highest BCUT2D eigenvalue weighted by atomic mass is 79.9. The molecular formula is C14H16BrF3O3. The highest BCUT2D eigenvalue weighted by Gasteiger charge is 2.35. The van der Waals surface area contributed by atoms with Crippen molar-refractivity contribution >= 4 is 21.9 Å². The van der Waals surface area contributed by atoms with Crippen molar-refractivity contribution < 1.29 is 27.4 Å². The van der Waals surface area contributed by atoms with Gasteiger partial charge in [0, 0.05) is 12.5 Å². The summed E-state index contributed by atoms with van der Waals surface area (Å²) in [7, 11) is 1.16. The molecule has 0 aromatic heterocycles. The molecule has 0 spiro atoms. The van der Waals surface area contributed by atoms with E-state index in [2.05, 4.69) is 20.7 Å². The first-order chi connectivity index (χ1) is 9.76. The highest BCUT2D eigenvalue weighted by molar-refractivity contribution is 9.10. The monoisotopic (exact) mass is 368 g/mol. The van der Waals surface area contributed by atoms with Crippen LogP contribution in [0.4, 0.5) is 13.2 Å². The van der Waals surface area contributed by atoms with Crippen molar-refractivity contribution in [3.05, 3.63) is 28.0 Å². The Morgan fingerprint density at radius 3 is 2.48 bits per heavy atom. The second kappa shape index (κ2) is 7.15. The van der Waals surface area contributed by atoms with Gasteiger partial charge in [-0.25, -0.2) is 18.0 Å². The van der Waals surface area contributed by atoms with Gasteiger partial charge in [0.2, 0.25) is 0 Å². The van der Waals surface area contributed by atoms with Gasteiger partial charge in [-0.1, -0.05) is 13.8 Å². The molecule has 0 N–H and O–H groups in total. The van der Waals surface area contributed by atoms with Gasteiger partial charge in [-0.15, -0.1) is 0 Å². The molecule has 0 bridgehead atoms. The molecule has 0 saturated heterocycles. The number of ether oxygens (including phenoxy) is 2. The van der Waals surface area contributed by atoms with Crippen molar-refractivity contribution in [1.82, 2.24) is 0 Å². The van der Waals surface area contributed by atoms with Crippen molar-refractivity contribution in [1.29, 1.82) is 0 Å². The average Bonchev–Trinajstić information content (AvgIpc) is 2.46. The molecule has 21 heavy (non-hydrogen) atoms. The molecule has 0 fully saturated rings. The third-order valence-corrected chi connectivity index (χ3v) is 3.57. The van der Waals surface area contributed by atoms with E-state index < -0.39 is 35.8 Å². The number of hydrogen-bond donors (Lipinski definition) is 0. The van der Waals surface area contributed by atoms with Crippen LogP contribution in [0, 0.1) is 5.82 Å². The van der Waals surface area contributed by atoms with Crippen LogP contribution < -0.4 is 4.74 Å².